The normalized spacial score (nSPS) is 23.0. The number of aliphatic hydroxyl groups excluding tert-OH is 1. The van der Waals surface area contributed by atoms with E-state index in [1.165, 1.54) is 56.9 Å². The molecule has 0 heterocycles. The van der Waals surface area contributed by atoms with Gasteiger partial charge in [-0.25, -0.2) is 0 Å². The highest BCUT2D eigenvalue weighted by Crippen LogP contribution is 2.22. The largest absolute Gasteiger partial charge is 0.396 e. The third-order valence-electron chi connectivity index (χ3n) is 3.04. The van der Waals surface area contributed by atoms with Gasteiger partial charge in [0.15, 0.2) is 0 Å². The molecule has 0 bridgehead atoms. The van der Waals surface area contributed by atoms with Crippen molar-refractivity contribution in [1.29, 1.82) is 0 Å². The molecular formula is C12H22O. The fraction of sp³-hybridized carbons (Fsp3) is 0.833. The Bertz CT molecular complexity index is 137. The Kier molecular flexibility index (Phi) is 5.14. The van der Waals surface area contributed by atoms with Gasteiger partial charge < -0.3 is 5.11 Å². The standard InChI is InChI=1S/C12H22O/c1-11-6-2-4-8-12(10-13)9-5-3-7-11/h12-13H,1-10H2. The van der Waals surface area contributed by atoms with E-state index in [0.717, 1.165) is 0 Å². The van der Waals surface area contributed by atoms with Crippen LogP contribution in [-0.2, 0) is 0 Å². The summed E-state index contributed by atoms with van der Waals surface area (Å²) in [6.45, 7) is 4.47. The molecule has 0 spiro atoms. The predicted molar refractivity (Wildman–Crippen MR) is 56.7 cm³/mol. The van der Waals surface area contributed by atoms with Gasteiger partial charge in [0.2, 0.25) is 0 Å². The van der Waals surface area contributed by atoms with Crippen molar-refractivity contribution in [3.63, 3.8) is 0 Å². The molecule has 1 aliphatic carbocycles. The fourth-order valence-electron chi connectivity index (χ4n) is 2.07. The lowest BCUT2D eigenvalue weighted by atomic mass is 9.91. The van der Waals surface area contributed by atoms with E-state index in [4.69, 9.17) is 5.11 Å². The first-order valence-corrected chi connectivity index (χ1v) is 5.60. The Morgan fingerprint density at radius 2 is 1.62 bits per heavy atom. The first kappa shape index (κ1) is 10.8. The van der Waals surface area contributed by atoms with Gasteiger partial charge in [-0.05, 0) is 44.4 Å². The molecule has 1 rings (SSSR count). The summed E-state index contributed by atoms with van der Waals surface area (Å²) in [4.78, 5) is 0. The lowest BCUT2D eigenvalue weighted by Gasteiger charge is -2.16. The highest BCUT2D eigenvalue weighted by molar-refractivity contribution is 4.93. The van der Waals surface area contributed by atoms with Crippen molar-refractivity contribution in [2.75, 3.05) is 6.61 Å². The van der Waals surface area contributed by atoms with Crippen LogP contribution in [0.25, 0.3) is 0 Å². The summed E-state index contributed by atoms with van der Waals surface area (Å²) < 4.78 is 0. The van der Waals surface area contributed by atoms with Gasteiger partial charge in [0.05, 0.1) is 0 Å². The molecule has 0 aromatic heterocycles. The molecule has 1 heteroatoms. The van der Waals surface area contributed by atoms with Crippen LogP contribution in [0.2, 0.25) is 0 Å². The number of aliphatic hydroxyl groups is 1. The average Bonchev–Trinajstić information content (AvgIpc) is 2.16. The van der Waals surface area contributed by atoms with E-state index >= 15 is 0 Å². The van der Waals surface area contributed by atoms with Gasteiger partial charge in [0.25, 0.3) is 0 Å². The summed E-state index contributed by atoms with van der Waals surface area (Å²) in [6.07, 6.45) is 9.92. The van der Waals surface area contributed by atoms with Crippen LogP contribution < -0.4 is 0 Å². The molecule has 1 nitrogen and oxygen atoms in total. The molecule has 0 amide bonds. The highest BCUT2D eigenvalue weighted by atomic mass is 16.3. The van der Waals surface area contributed by atoms with E-state index in [9.17, 15) is 0 Å². The Balaban J connectivity index is 2.28. The summed E-state index contributed by atoms with van der Waals surface area (Å²) in [5.41, 5.74) is 1.43. The second-order valence-corrected chi connectivity index (χ2v) is 4.29. The van der Waals surface area contributed by atoms with Crippen molar-refractivity contribution in [2.45, 2.75) is 51.4 Å². The third kappa shape index (κ3) is 4.47. The lowest BCUT2D eigenvalue weighted by Crippen LogP contribution is -2.07. The van der Waals surface area contributed by atoms with Crippen LogP contribution in [0.15, 0.2) is 12.2 Å². The average molecular weight is 182 g/mol. The van der Waals surface area contributed by atoms with Gasteiger partial charge in [-0.2, -0.15) is 0 Å². The molecule has 1 fully saturated rings. The third-order valence-corrected chi connectivity index (χ3v) is 3.04. The van der Waals surface area contributed by atoms with Crippen LogP contribution in [-0.4, -0.2) is 11.7 Å². The molecule has 0 saturated heterocycles. The van der Waals surface area contributed by atoms with Crippen molar-refractivity contribution in [1.82, 2.24) is 0 Å². The zero-order valence-electron chi connectivity index (χ0n) is 8.60. The van der Waals surface area contributed by atoms with E-state index in [-0.39, 0.29) is 0 Å². The molecule has 0 atom stereocenters. The van der Waals surface area contributed by atoms with Crippen LogP contribution >= 0.6 is 0 Å². The maximum Gasteiger partial charge on any atom is 0.0459 e. The summed E-state index contributed by atoms with van der Waals surface area (Å²) in [6, 6.07) is 0. The van der Waals surface area contributed by atoms with E-state index in [0.29, 0.717) is 12.5 Å². The second-order valence-electron chi connectivity index (χ2n) is 4.29. The fourth-order valence-corrected chi connectivity index (χ4v) is 2.07. The monoisotopic (exact) mass is 182 g/mol. The Morgan fingerprint density at radius 1 is 1.08 bits per heavy atom. The molecule has 1 aliphatic rings. The smallest absolute Gasteiger partial charge is 0.0459 e. The highest BCUT2D eigenvalue weighted by Gasteiger charge is 2.09. The van der Waals surface area contributed by atoms with Crippen LogP contribution in [0.5, 0.6) is 0 Å². The van der Waals surface area contributed by atoms with E-state index < -0.39 is 0 Å². The van der Waals surface area contributed by atoms with Gasteiger partial charge >= 0.3 is 0 Å². The van der Waals surface area contributed by atoms with Crippen LogP contribution in [0.1, 0.15) is 51.4 Å². The molecule has 1 N–H and O–H groups in total. The summed E-state index contributed by atoms with van der Waals surface area (Å²) >= 11 is 0. The molecule has 0 radical (unpaired) electrons. The molecule has 0 aromatic carbocycles. The minimum atomic E-state index is 0.390. The molecule has 1 saturated carbocycles. The maximum atomic E-state index is 9.10. The SMILES string of the molecule is C=C1CCCCC(CO)CCCC1. The zero-order chi connectivity index (χ0) is 9.52. The predicted octanol–water partition coefficient (Wildman–Crippen LogP) is 3.29. The Hall–Kier alpha value is -0.300. The second kappa shape index (κ2) is 6.20. The first-order valence-electron chi connectivity index (χ1n) is 5.60. The number of rotatable bonds is 1. The number of hydrogen-bond acceptors (Lipinski definition) is 1. The van der Waals surface area contributed by atoms with Crippen molar-refractivity contribution in [2.24, 2.45) is 5.92 Å². The van der Waals surface area contributed by atoms with Crippen LogP contribution in [0.3, 0.4) is 0 Å². The van der Waals surface area contributed by atoms with E-state index in [1.807, 2.05) is 0 Å². The topological polar surface area (TPSA) is 20.2 Å². The minimum Gasteiger partial charge on any atom is -0.396 e. The Labute approximate surface area is 81.9 Å². The molecule has 13 heavy (non-hydrogen) atoms. The van der Waals surface area contributed by atoms with Gasteiger partial charge in [0, 0.05) is 6.61 Å². The maximum absolute atomic E-state index is 9.10. The van der Waals surface area contributed by atoms with Gasteiger partial charge in [-0.3, -0.25) is 0 Å². The molecule has 0 aromatic rings. The van der Waals surface area contributed by atoms with E-state index in [1.54, 1.807) is 0 Å². The van der Waals surface area contributed by atoms with Crippen molar-refractivity contribution in [3.05, 3.63) is 12.2 Å². The van der Waals surface area contributed by atoms with E-state index in [2.05, 4.69) is 6.58 Å². The number of hydrogen-bond donors (Lipinski definition) is 1. The van der Waals surface area contributed by atoms with Crippen LogP contribution in [0.4, 0.5) is 0 Å². The van der Waals surface area contributed by atoms with Gasteiger partial charge in [-0.15, -0.1) is 0 Å². The molecular weight excluding hydrogens is 160 g/mol. The van der Waals surface area contributed by atoms with Gasteiger partial charge in [0.1, 0.15) is 0 Å². The summed E-state index contributed by atoms with van der Waals surface area (Å²) in [5.74, 6) is 0.575. The minimum absolute atomic E-state index is 0.390. The molecule has 0 unspecified atom stereocenters. The van der Waals surface area contributed by atoms with Gasteiger partial charge in [-0.1, -0.05) is 25.0 Å². The van der Waals surface area contributed by atoms with Crippen molar-refractivity contribution < 1.29 is 5.11 Å². The van der Waals surface area contributed by atoms with Crippen molar-refractivity contribution >= 4 is 0 Å². The molecule has 76 valence electrons. The lowest BCUT2D eigenvalue weighted by molar-refractivity contribution is 0.204. The summed E-state index contributed by atoms with van der Waals surface area (Å²) in [5, 5.41) is 9.10. The molecule has 0 aliphatic heterocycles. The quantitative estimate of drug-likeness (QED) is 0.617. The first-order chi connectivity index (χ1) is 6.33. The summed E-state index contributed by atoms with van der Waals surface area (Å²) in [7, 11) is 0. The van der Waals surface area contributed by atoms with Crippen molar-refractivity contribution in [3.8, 4) is 0 Å². The van der Waals surface area contributed by atoms with Crippen LogP contribution in [0, 0.1) is 5.92 Å². The Morgan fingerprint density at radius 3 is 2.08 bits per heavy atom. The number of allylic oxidation sites excluding steroid dienone is 1. The zero-order valence-corrected chi connectivity index (χ0v) is 8.60.